The number of nitrogens with one attached hydrogen (secondary N) is 1. The van der Waals surface area contributed by atoms with Gasteiger partial charge in [0, 0.05) is 33.8 Å². The number of aromatic nitrogens is 3. The molecule has 0 saturated heterocycles. The number of allylic oxidation sites excluding steroid dienone is 2. The number of hydrogen-bond acceptors (Lipinski definition) is 4. The molecular weight excluding hydrogens is 372 g/mol. The Labute approximate surface area is 168 Å². The molecule has 6 heteroatoms. The number of anilines is 1. The van der Waals surface area contributed by atoms with E-state index in [0.29, 0.717) is 23.2 Å². The van der Waals surface area contributed by atoms with Crippen LogP contribution in [0.1, 0.15) is 36.4 Å². The van der Waals surface area contributed by atoms with Crippen molar-refractivity contribution in [1.82, 2.24) is 14.8 Å². The first-order valence-corrected chi connectivity index (χ1v) is 9.81. The third kappa shape index (κ3) is 2.74. The zero-order valence-electron chi connectivity index (χ0n) is 15.4. The van der Waals surface area contributed by atoms with Crippen LogP contribution in [0.4, 0.5) is 5.95 Å². The molecule has 0 fully saturated rings. The SMILES string of the molecule is Cc1ccc(-c2nc3n(n2)C(c2ccccc2Cl)C2=C(CCCC2=O)N3)cc1. The van der Waals surface area contributed by atoms with Crippen molar-refractivity contribution in [1.29, 1.82) is 0 Å². The summed E-state index contributed by atoms with van der Waals surface area (Å²) >= 11 is 6.53. The summed E-state index contributed by atoms with van der Waals surface area (Å²) in [4.78, 5) is 17.6. The Morgan fingerprint density at radius 3 is 2.68 bits per heavy atom. The van der Waals surface area contributed by atoms with Crippen molar-refractivity contribution < 1.29 is 4.79 Å². The van der Waals surface area contributed by atoms with E-state index < -0.39 is 0 Å². The number of ketones is 1. The number of aryl methyl sites for hydroxylation is 1. The van der Waals surface area contributed by atoms with Gasteiger partial charge in [0.05, 0.1) is 0 Å². The fourth-order valence-corrected chi connectivity index (χ4v) is 4.20. The van der Waals surface area contributed by atoms with E-state index in [9.17, 15) is 4.79 Å². The molecule has 3 aromatic rings. The first-order chi connectivity index (χ1) is 13.6. The quantitative estimate of drug-likeness (QED) is 0.674. The topological polar surface area (TPSA) is 59.8 Å². The van der Waals surface area contributed by atoms with Crippen molar-refractivity contribution in [3.8, 4) is 11.4 Å². The van der Waals surface area contributed by atoms with Gasteiger partial charge in [-0.3, -0.25) is 4.79 Å². The van der Waals surface area contributed by atoms with Crippen LogP contribution >= 0.6 is 11.6 Å². The molecule has 5 nitrogen and oxygen atoms in total. The van der Waals surface area contributed by atoms with Crippen molar-refractivity contribution in [3.05, 3.63) is 76.0 Å². The summed E-state index contributed by atoms with van der Waals surface area (Å²) in [5.41, 5.74) is 4.69. The first kappa shape index (κ1) is 17.2. The molecule has 5 rings (SSSR count). The minimum Gasteiger partial charge on any atom is -0.328 e. The van der Waals surface area contributed by atoms with E-state index in [2.05, 4.69) is 5.32 Å². The molecule has 0 saturated carbocycles. The average Bonchev–Trinajstić information content (AvgIpc) is 3.11. The Kier molecular flexibility index (Phi) is 4.05. The van der Waals surface area contributed by atoms with Gasteiger partial charge in [-0.05, 0) is 25.8 Å². The molecule has 0 amide bonds. The smallest absolute Gasteiger partial charge is 0.226 e. The van der Waals surface area contributed by atoms with Gasteiger partial charge in [0.1, 0.15) is 6.04 Å². The fourth-order valence-electron chi connectivity index (χ4n) is 3.97. The summed E-state index contributed by atoms with van der Waals surface area (Å²) in [6, 6.07) is 15.4. The van der Waals surface area contributed by atoms with Gasteiger partial charge in [-0.2, -0.15) is 4.98 Å². The molecule has 1 aliphatic carbocycles. The van der Waals surface area contributed by atoms with Gasteiger partial charge in [-0.25, -0.2) is 4.68 Å². The van der Waals surface area contributed by atoms with Crippen molar-refractivity contribution in [2.24, 2.45) is 0 Å². The standard InChI is InChI=1S/C22H19ClN4O/c1-13-9-11-14(12-10-13)21-25-22-24-17-7-4-8-18(28)19(17)20(27(22)26-21)15-5-2-3-6-16(15)23/h2-3,5-6,9-12,20H,4,7-8H2,1H3,(H,24,25,26). The lowest BCUT2D eigenvalue weighted by Gasteiger charge is -2.32. The average molecular weight is 391 g/mol. The third-order valence-corrected chi connectivity index (χ3v) is 5.72. The molecule has 2 heterocycles. The maximum absolute atomic E-state index is 12.8. The molecule has 0 radical (unpaired) electrons. The lowest BCUT2D eigenvalue weighted by atomic mass is 9.85. The highest BCUT2D eigenvalue weighted by atomic mass is 35.5. The van der Waals surface area contributed by atoms with E-state index in [1.54, 1.807) is 4.68 Å². The highest BCUT2D eigenvalue weighted by Gasteiger charge is 2.37. The van der Waals surface area contributed by atoms with Crippen LogP contribution in [0.5, 0.6) is 0 Å². The summed E-state index contributed by atoms with van der Waals surface area (Å²) in [5.74, 6) is 1.43. The predicted molar refractivity (Wildman–Crippen MR) is 109 cm³/mol. The van der Waals surface area contributed by atoms with Crippen LogP contribution in [0.2, 0.25) is 5.02 Å². The minimum absolute atomic E-state index is 0.150. The fraction of sp³-hybridized carbons (Fsp3) is 0.227. The van der Waals surface area contributed by atoms with Crippen molar-refractivity contribution in [2.45, 2.75) is 32.2 Å². The number of benzene rings is 2. The molecule has 2 aromatic carbocycles. The van der Waals surface area contributed by atoms with Crippen LogP contribution in [0.25, 0.3) is 11.4 Å². The lowest BCUT2D eigenvalue weighted by Crippen LogP contribution is -2.31. The third-order valence-electron chi connectivity index (χ3n) is 5.38. The van der Waals surface area contributed by atoms with E-state index >= 15 is 0 Å². The second-order valence-corrected chi connectivity index (χ2v) is 7.69. The predicted octanol–water partition coefficient (Wildman–Crippen LogP) is 4.93. The van der Waals surface area contributed by atoms with Gasteiger partial charge < -0.3 is 5.32 Å². The number of carbonyl (C=O) groups excluding carboxylic acids is 1. The Balaban J connectivity index is 1.69. The van der Waals surface area contributed by atoms with E-state index in [1.165, 1.54) is 5.56 Å². The van der Waals surface area contributed by atoms with Crippen molar-refractivity contribution in [2.75, 3.05) is 5.32 Å². The first-order valence-electron chi connectivity index (χ1n) is 9.43. The zero-order valence-corrected chi connectivity index (χ0v) is 16.2. The van der Waals surface area contributed by atoms with E-state index in [-0.39, 0.29) is 11.8 Å². The molecule has 0 bridgehead atoms. The number of rotatable bonds is 2. The molecular formula is C22H19ClN4O. The molecule has 140 valence electrons. The molecule has 1 atom stereocenters. The Bertz CT molecular complexity index is 1110. The van der Waals surface area contributed by atoms with Crippen LogP contribution < -0.4 is 5.32 Å². The van der Waals surface area contributed by atoms with Gasteiger partial charge in [0.25, 0.3) is 0 Å². The number of carbonyl (C=O) groups is 1. The summed E-state index contributed by atoms with van der Waals surface area (Å²) in [6.07, 6.45) is 2.23. The van der Waals surface area contributed by atoms with Crippen LogP contribution in [-0.2, 0) is 4.79 Å². The summed E-state index contributed by atoms with van der Waals surface area (Å²) in [5, 5.41) is 8.75. The van der Waals surface area contributed by atoms with Gasteiger partial charge in [0.2, 0.25) is 5.95 Å². The number of Topliss-reactive ketones (excluding diaryl/α,β-unsaturated/α-hetero) is 1. The molecule has 1 unspecified atom stereocenters. The molecule has 1 N–H and O–H groups in total. The van der Waals surface area contributed by atoms with Gasteiger partial charge in [0.15, 0.2) is 11.6 Å². The molecule has 28 heavy (non-hydrogen) atoms. The van der Waals surface area contributed by atoms with E-state index in [0.717, 1.165) is 35.2 Å². The highest BCUT2D eigenvalue weighted by Crippen LogP contribution is 2.42. The van der Waals surface area contributed by atoms with Gasteiger partial charge in [-0.15, -0.1) is 5.10 Å². The number of nitrogens with zero attached hydrogens (tertiary/aromatic N) is 3. The molecule has 1 aliphatic heterocycles. The second-order valence-electron chi connectivity index (χ2n) is 7.29. The summed E-state index contributed by atoms with van der Waals surface area (Å²) < 4.78 is 1.80. The molecule has 0 spiro atoms. The Morgan fingerprint density at radius 1 is 1.11 bits per heavy atom. The van der Waals surface area contributed by atoms with E-state index in [1.807, 2.05) is 55.5 Å². The Morgan fingerprint density at radius 2 is 1.89 bits per heavy atom. The zero-order chi connectivity index (χ0) is 19.3. The number of hydrogen-bond donors (Lipinski definition) is 1. The van der Waals surface area contributed by atoms with Crippen LogP contribution in [-0.4, -0.2) is 20.5 Å². The summed E-state index contributed by atoms with van der Waals surface area (Å²) in [6.45, 7) is 2.05. The monoisotopic (exact) mass is 390 g/mol. The lowest BCUT2D eigenvalue weighted by molar-refractivity contribution is -0.116. The Hall–Kier alpha value is -2.92. The van der Waals surface area contributed by atoms with Crippen molar-refractivity contribution >= 4 is 23.3 Å². The van der Waals surface area contributed by atoms with Crippen LogP contribution in [0, 0.1) is 6.92 Å². The normalized spacial score (nSPS) is 18.5. The largest absolute Gasteiger partial charge is 0.328 e. The maximum Gasteiger partial charge on any atom is 0.226 e. The van der Waals surface area contributed by atoms with E-state index in [4.69, 9.17) is 21.7 Å². The van der Waals surface area contributed by atoms with Gasteiger partial charge >= 0.3 is 0 Å². The molecule has 2 aliphatic rings. The summed E-state index contributed by atoms with van der Waals surface area (Å²) in [7, 11) is 0. The van der Waals surface area contributed by atoms with Crippen LogP contribution in [0.3, 0.4) is 0 Å². The molecule has 1 aromatic heterocycles. The van der Waals surface area contributed by atoms with Crippen molar-refractivity contribution in [3.63, 3.8) is 0 Å². The highest BCUT2D eigenvalue weighted by molar-refractivity contribution is 6.31. The minimum atomic E-state index is -0.362. The number of fused-ring (bicyclic) bond motifs is 1. The van der Waals surface area contributed by atoms with Gasteiger partial charge in [-0.1, -0.05) is 59.6 Å². The second kappa shape index (κ2) is 6.60. The van der Waals surface area contributed by atoms with Crippen LogP contribution in [0.15, 0.2) is 59.8 Å². The maximum atomic E-state index is 12.8. The number of halogens is 1.